The second-order valence-electron chi connectivity index (χ2n) is 5.03. The zero-order valence-corrected chi connectivity index (χ0v) is 13.9. The Morgan fingerprint density at radius 1 is 1.22 bits per heavy atom. The number of ether oxygens (including phenoxy) is 3. The van der Waals surface area contributed by atoms with Crippen LogP contribution in [0.5, 0.6) is 11.5 Å². The molecule has 1 aromatic carbocycles. The molecule has 1 amide bonds. The van der Waals surface area contributed by atoms with Crippen molar-refractivity contribution in [2.45, 2.75) is 26.4 Å². The zero-order chi connectivity index (χ0) is 17.2. The molecular formula is C17H23NO5. The smallest absolute Gasteiger partial charge is 0.307 e. The molecule has 0 heterocycles. The first-order valence-electron chi connectivity index (χ1n) is 7.33. The Balaban J connectivity index is 2.62. The lowest BCUT2D eigenvalue weighted by Crippen LogP contribution is -2.24. The number of benzene rings is 1. The maximum atomic E-state index is 11.6. The highest BCUT2D eigenvalue weighted by molar-refractivity contribution is 5.92. The molecule has 1 aromatic rings. The zero-order valence-electron chi connectivity index (χ0n) is 13.9. The van der Waals surface area contributed by atoms with Crippen LogP contribution in [0.15, 0.2) is 24.3 Å². The van der Waals surface area contributed by atoms with E-state index in [-0.39, 0.29) is 30.9 Å². The number of carbonyl (C=O) groups excluding carboxylic acids is 2. The first-order chi connectivity index (χ1) is 11.0. The highest BCUT2D eigenvalue weighted by atomic mass is 16.5. The van der Waals surface area contributed by atoms with Crippen LogP contribution < -0.4 is 14.8 Å². The molecule has 0 saturated heterocycles. The van der Waals surface area contributed by atoms with Crippen LogP contribution in [0.2, 0.25) is 0 Å². The minimum Gasteiger partial charge on any atom is -0.493 e. The molecule has 0 atom stereocenters. The van der Waals surface area contributed by atoms with E-state index in [0.717, 1.165) is 5.56 Å². The van der Waals surface area contributed by atoms with Gasteiger partial charge in [-0.05, 0) is 37.6 Å². The molecular weight excluding hydrogens is 298 g/mol. The molecule has 0 aromatic heterocycles. The monoisotopic (exact) mass is 321 g/mol. The van der Waals surface area contributed by atoms with Crippen molar-refractivity contribution >= 4 is 18.0 Å². The van der Waals surface area contributed by atoms with Crippen LogP contribution in [-0.4, -0.2) is 38.7 Å². The number of hydrogen-bond acceptors (Lipinski definition) is 5. The number of methoxy groups -OCH3 is 2. The van der Waals surface area contributed by atoms with Gasteiger partial charge >= 0.3 is 5.97 Å². The summed E-state index contributed by atoms with van der Waals surface area (Å²) in [5, 5.41) is 2.60. The number of carbonyl (C=O) groups is 2. The molecule has 23 heavy (non-hydrogen) atoms. The van der Waals surface area contributed by atoms with Crippen LogP contribution in [0.1, 0.15) is 25.8 Å². The van der Waals surface area contributed by atoms with Gasteiger partial charge in [0.2, 0.25) is 5.91 Å². The minimum atomic E-state index is -0.361. The Morgan fingerprint density at radius 2 is 1.96 bits per heavy atom. The van der Waals surface area contributed by atoms with Gasteiger partial charge in [0.05, 0.1) is 26.7 Å². The predicted octanol–water partition coefficient (Wildman–Crippen LogP) is 2.17. The molecule has 6 nitrogen and oxygen atoms in total. The highest BCUT2D eigenvalue weighted by Crippen LogP contribution is 2.29. The van der Waals surface area contributed by atoms with Crippen molar-refractivity contribution in [2.75, 3.05) is 20.8 Å². The lowest BCUT2D eigenvalue weighted by molar-refractivity contribution is -0.140. The van der Waals surface area contributed by atoms with Gasteiger partial charge in [-0.2, -0.15) is 0 Å². The van der Waals surface area contributed by atoms with E-state index < -0.39 is 0 Å². The molecule has 126 valence electrons. The Labute approximate surface area is 136 Å². The maximum absolute atomic E-state index is 11.6. The molecule has 0 unspecified atom stereocenters. The Morgan fingerprint density at radius 3 is 2.57 bits per heavy atom. The van der Waals surface area contributed by atoms with Crippen molar-refractivity contribution in [3.63, 3.8) is 0 Å². The van der Waals surface area contributed by atoms with Crippen molar-refractivity contribution in [3.05, 3.63) is 29.8 Å². The summed E-state index contributed by atoms with van der Waals surface area (Å²) in [5.74, 6) is 0.615. The Kier molecular flexibility index (Phi) is 7.66. The second-order valence-corrected chi connectivity index (χ2v) is 5.03. The summed E-state index contributed by atoms with van der Waals surface area (Å²) < 4.78 is 15.4. The molecule has 0 aliphatic rings. The third kappa shape index (κ3) is 6.86. The van der Waals surface area contributed by atoms with Crippen molar-refractivity contribution in [2.24, 2.45) is 0 Å². The third-order valence-corrected chi connectivity index (χ3v) is 2.83. The number of rotatable bonds is 8. The van der Waals surface area contributed by atoms with E-state index >= 15 is 0 Å². The van der Waals surface area contributed by atoms with Gasteiger partial charge in [-0.25, -0.2) is 0 Å². The van der Waals surface area contributed by atoms with E-state index in [1.165, 1.54) is 13.2 Å². The first-order valence-corrected chi connectivity index (χ1v) is 7.33. The van der Waals surface area contributed by atoms with Gasteiger partial charge in [-0.15, -0.1) is 0 Å². The average Bonchev–Trinajstić information content (AvgIpc) is 2.53. The van der Waals surface area contributed by atoms with Gasteiger partial charge < -0.3 is 19.5 Å². The van der Waals surface area contributed by atoms with Crippen LogP contribution in [-0.2, 0) is 14.3 Å². The summed E-state index contributed by atoms with van der Waals surface area (Å²) in [4.78, 5) is 22.6. The van der Waals surface area contributed by atoms with E-state index in [2.05, 4.69) is 10.1 Å². The summed E-state index contributed by atoms with van der Waals surface area (Å²) >= 11 is 0. The molecule has 0 saturated carbocycles. The largest absolute Gasteiger partial charge is 0.493 e. The van der Waals surface area contributed by atoms with Crippen molar-refractivity contribution < 1.29 is 23.8 Å². The second kappa shape index (κ2) is 9.50. The Bertz CT molecular complexity index is 566. The minimum absolute atomic E-state index is 0.0471. The molecule has 0 spiro atoms. The summed E-state index contributed by atoms with van der Waals surface area (Å²) in [6, 6.07) is 5.42. The lowest BCUT2D eigenvalue weighted by Gasteiger charge is -2.13. The van der Waals surface area contributed by atoms with Crippen LogP contribution in [0.3, 0.4) is 0 Å². The van der Waals surface area contributed by atoms with Crippen LogP contribution in [0.25, 0.3) is 6.08 Å². The van der Waals surface area contributed by atoms with Gasteiger partial charge in [0.15, 0.2) is 11.5 Å². The molecule has 6 heteroatoms. The first kappa shape index (κ1) is 18.5. The van der Waals surface area contributed by atoms with Crippen LogP contribution >= 0.6 is 0 Å². The number of nitrogens with one attached hydrogen (secondary N) is 1. The van der Waals surface area contributed by atoms with Crippen LogP contribution in [0.4, 0.5) is 0 Å². The molecule has 1 rings (SSSR count). The Hall–Kier alpha value is -2.50. The lowest BCUT2D eigenvalue weighted by atomic mass is 10.2. The molecule has 0 bridgehead atoms. The molecule has 0 radical (unpaired) electrons. The summed E-state index contributed by atoms with van der Waals surface area (Å²) in [7, 11) is 2.87. The van der Waals surface area contributed by atoms with Crippen molar-refractivity contribution in [1.82, 2.24) is 5.32 Å². The van der Waals surface area contributed by atoms with Crippen molar-refractivity contribution in [3.8, 4) is 11.5 Å². The quantitative estimate of drug-likeness (QED) is 0.587. The van der Waals surface area contributed by atoms with E-state index in [1.807, 2.05) is 19.9 Å². The fraction of sp³-hybridized carbons (Fsp3) is 0.412. The number of amides is 1. The fourth-order valence-corrected chi connectivity index (χ4v) is 1.76. The van der Waals surface area contributed by atoms with Gasteiger partial charge in [0.1, 0.15) is 0 Å². The summed E-state index contributed by atoms with van der Waals surface area (Å²) in [6.45, 7) is 4.11. The van der Waals surface area contributed by atoms with Crippen molar-refractivity contribution in [1.29, 1.82) is 0 Å². The predicted molar refractivity (Wildman–Crippen MR) is 87.4 cm³/mol. The number of esters is 1. The standard InChI is InChI=1S/C17H23NO5/c1-12(2)23-14-7-5-13(11-15(14)21-3)6-8-16(19)18-10-9-17(20)22-4/h5-8,11-12H,9-10H2,1-4H3,(H,18,19)/b8-6+. The summed E-state index contributed by atoms with van der Waals surface area (Å²) in [6.07, 6.45) is 3.25. The normalized spacial score (nSPS) is 10.7. The molecule has 1 N–H and O–H groups in total. The SMILES string of the molecule is COC(=O)CCNC(=O)/C=C/c1ccc(OC(C)C)c(OC)c1. The topological polar surface area (TPSA) is 73.9 Å². The maximum Gasteiger partial charge on any atom is 0.307 e. The van der Waals surface area contributed by atoms with E-state index in [4.69, 9.17) is 9.47 Å². The molecule has 0 aliphatic carbocycles. The fourth-order valence-electron chi connectivity index (χ4n) is 1.76. The van der Waals surface area contributed by atoms with E-state index in [1.54, 1.807) is 25.3 Å². The van der Waals surface area contributed by atoms with Crippen LogP contribution in [0, 0.1) is 0 Å². The van der Waals surface area contributed by atoms with Gasteiger partial charge in [-0.1, -0.05) is 6.07 Å². The number of hydrogen-bond donors (Lipinski definition) is 1. The summed E-state index contributed by atoms with van der Waals surface area (Å²) in [5.41, 5.74) is 0.807. The third-order valence-electron chi connectivity index (χ3n) is 2.83. The van der Waals surface area contributed by atoms with E-state index in [0.29, 0.717) is 11.5 Å². The van der Waals surface area contributed by atoms with Gasteiger partial charge in [0, 0.05) is 12.6 Å². The van der Waals surface area contributed by atoms with Gasteiger partial charge in [0.25, 0.3) is 0 Å². The molecule has 0 aliphatic heterocycles. The molecule has 0 fully saturated rings. The van der Waals surface area contributed by atoms with E-state index in [9.17, 15) is 9.59 Å². The van der Waals surface area contributed by atoms with Gasteiger partial charge in [-0.3, -0.25) is 9.59 Å². The average molecular weight is 321 g/mol. The highest BCUT2D eigenvalue weighted by Gasteiger charge is 2.07.